The fourth-order valence-electron chi connectivity index (χ4n) is 4.66. The molecule has 146 valence electrons. The van der Waals surface area contributed by atoms with Crippen LogP contribution in [-0.4, -0.2) is 51.8 Å². The summed E-state index contributed by atoms with van der Waals surface area (Å²) in [4.78, 5) is 0. The van der Waals surface area contributed by atoms with Gasteiger partial charge in [0.25, 0.3) is 0 Å². The van der Waals surface area contributed by atoms with Crippen LogP contribution in [0.1, 0.15) is 46.8 Å². The molecule has 2 aromatic carbocycles. The van der Waals surface area contributed by atoms with Crippen LogP contribution in [0.2, 0.25) is 0 Å². The topological polar surface area (TPSA) is 58.9 Å². The Morgan fingerprint density at radius 1 is 1.18 bits per heavy atom. The van der Waals surface area contributed by atoms with Crippen molar-refractivity contribution in [3.63, 3.8) is 0 Å². The Balaban J connectivity index is 1.60. The van der Waals surface area contributed by atoms with E-state index in [9.17, 15) is 10.2 Å². The molecule has 0 saturated carbocycles. The Bertz CT molecular complexity index is 868. The molecule has 0 spiro atoms. The first kappa shape index (κ1) is 19.6. The average molecular weight is 378 g/mol. The summed E-state index contributed by atoms with van der Waals surface area (Å²) in [6.45, 7) is -0.0680. The van der Waals surface area contributed by atoms with Crippen molar-refractivity contribution < 1.29 is 19.7 Å². The van der Waals surface area contributed by atoms with E-state index < -0.39 is 6.10 Å². The lowest BCUT2D eigenvalue weighted by Gasteiger charge is -2.39. The first-order valence-corrected chi connectivity index (χ1v) is 10.1. The first-order chi connectivity index (χ1) is 13.4. The highest BCUT2D eigenvalue weighted by atomic mass is 16.5. The fraction of sp³-hybridized carbons (Fsp3) is 0.455. The molecule has 3 atom stereocenters. The highest BCUT2D eigenvalue weighted by molar-refractivity contribution is 6.41. The lowest BCUT2D eigenvalue weighted by atomic mass is 9.42. The zero-order chi connectivity index (χ0) is 19.9. The Hall–Kier alpha value is -1.75. The Morgan fingerprint density at radius 3 is 2.71 bits per heavy atom. The minimum absolute atomic E-state index is 0.0680. The van der Waals surface area contributed by atoms with Crippen LogP contribution in [0.15, 0.2) is 36.4 Å². The van der Waals surface area contributed by atoms with E-state index in [1.54, 1.807) is 7.11 Å². The summed E-state index contributed by atoms with van der Waals surface area (Å²) in [5.41, 5.74) is 6.32. The molecule has 2 aromatic rings. The highest BCUT2D eigenvalue weighted by Crippen LogP contribution is 2.38. The summed E-state index contributed by atoms with van der Waals surface area (Å²) in [6.07, 6.45) is 2.01. The summed E-state index contributed by atoms with van der Waals surface area (Å²) in [7, 11) is 6.29. The molecule has 6 heteroatoms. The zero-order valence-corrected chi connectivity index (χ0v) is 16.9. The molecule has 1 heterocycles. The van der Waals surface area contributed by atoms with Gasteiger partial charge < -0.3 is 19.7 Å². The smallest absolute Gasteiger partial charge is 0.122 e. The van der Waals surface area contributed by atoms with Gasteiger partial charge in [0.05, 0.1) is 32.0 Å². The summed E-state index contributed by atoms with van der Waals surface area (Å²) in [6, 6.07) is 12.9. The Morgan fingerprint density at radius 2 is 2.00 bits per heavy atom. The van der Waals surface area contributed by atoms with Crippen molar-refractivity contribution in [3.05, 3.63) is 64.2 Å². The van der Waals surface area contributed by atoms with E-state index >= 15 is 0 Å². The molecule has 0 bridgehead atoms. The van der Waals surface area contributed by atoms with E-state index in [2.05, 4.69) is 40.0 Å². The minimum Gasteiger partial charge on any atom is -0.496 e. The zero-order valence-electron chi connectivity index (χ0n) is 16.9. The van der Waals surface area contributed by atoms with Crippen LogP contribution in [0.3, 0.4) is 0 Å². The number of hydrogen-bond acceptors (Lipinski definition) is 4. The summed E-state index contributed by atoms with van der Waals surface area (Å²) in [5, 5.41) is 19.9. The minimum atomic E-state index is -0.448. The second kappa shape index (κ2) is 7.58. The van der Waals surface area contributed by atoms with Crippen LogP contribution in [0.5, 0.6) is 5.75 Å². The van der Waals surface area contributed by atoms with Crippen LogP contribution in [0, 0.1) is 0 Å². The second-order valence-electron chi connectivity index (χ2n) is 8.85. The SMILES string of the molecule is BC1(B)Cc2ccc(Cc3cc([C@H]4CC(O)C[C@@H](CO)O4)ccc3OC)cc21. The predicted octanol–water partition coefficient (Wildman–Crippen LogP) is 0.834. The number of hydrogen-bond donors (Lipinski definition) is 2. The second-order valence-corrected chi connectivity index (χ2v) is 8.85. The van der Waals surface area contributed by atoms with Crippen LogP contribution in [-0.2, 0) is 22.8 Å². The molecule has 28 heavy (non-hydrogen) atoms. The van der Waals surface area contributed by atoms with Gasteiger partial charge in [0.15, 0.2) is 0 Å². The average Bonchev–Trinajstić information content (AvgIpc) is 2.68. The summed E-state index contributed by atoms with van der Waals surface area (Å²) in [5.74, 6) is 0.862. The van der Waals surface area contributed by atoms with Gasteiger partial charge in [-0.05, 0) is 40.8 Å². The van der Waals surface area contributed by atoms with E-state index in [1.807, 2.05) is 12.1 Å². The predicted molar refractivity (Wildman–Crippen MR) is 115 cm³/mol. The van der Waals surface area contributed by atoms with E-state index in [0.717, 1.165) is 29.7 Å². The number of ether oxygens (including phenoxy) is 2. The molecule has 1 unspecified atom stereocenters. The van der Waals surface area contributed by atoms with Gasteiger partial charge in [0, 0.05) is 19.3 Å². The number of aliphatic hydroxyl groups is 2. The maximum absolute atomic E-state index is 10.1. The Labute approximate surface area is 168 Å². The van der Waals surface area contributed by atoms with Crippen LogP contribution >= 0.6 is 0 Å². The molecule has 0 aromatic heterocycles. The lowest BCUT2D eigenvalue weighted by Crippen LogP contribution is -2.39. The van der Waals surface area contributed by atoms with Crippen LogP contribution in [0.4, 0.5) is 0 Å². The third-order valence-electron chi connectivity index (χ3n) is 6.19. The van der Waals surface area contributed by atoms with Crippen molar-refractivity contribution in [3.8, 4) is 5.75 Å². The molecular weight excluding hydrogens is 350 g/mol. The normalized spacial score (nSPS) is 25.6. The molecule has 4 nitrogen and oxygen atoms in total. The monoisotopic (exact) mass is 378 g/mol. The van der Waals surface area contributed by atoms with Gasteiger partial charge in [-0.15, -0.1) is 0 Å². The highest BCUT2D eigenvalue weighted by Gasteiger charge is 2.33. The van der Waals surface area contributed by atoms with Gasteiger partial charge in [0.2, 0.25) is 0 Å². The largest absolute Gasteiger partial charge is 0.496 e. The van der Waals surface area contributed by atoms with E-state index in [4.69, 9.17) is 9.47 Å². The maximum atomic E-state index is 10.1. The number of aliphatic hydroxyl groups excluding tert-OH is 2. The van der Waals surface area contributed by atoms with Gasteiger partial charge in [-0.25, -0.2) is 0 Å². The third-order valence-corrected chi connectivity index (χ3v) is 6.19. The number of fused-ring (bicyclic) bond motifs is 1. The summed E-state index contributed by atoms with van der Waals surface area (Å²) < 4.78 is 11.6. The first-order valence-electron chi connectivity index (χ1n) is 10.1. The molecule has 1 saturated heterocycles. The van der Waals surface area contributed by atoms with Crippen molar-refractivity contribution in [2.24, 2.45) is 0 Å². The molecule has 2 N–H and O–H groups in total. The van der Waals surface area contributed by atoms with E-state index in [-0.39, 0.29) is 24.0 Å². The van der Waals surface area contributed by atoms with Crippen molar-refractivity contribution in [2.75, 3.05) is 13.7 Å². The Kier molecular flexibility index (Phi) is 5.30. The van der Waals surface area contributed by atoms with E-state index in [1.165, 1.54) is 16.7 Å². The van der Waals surface area contributed by atoms with Gasteiger partial charge in [-0.3, -0.25) is 0 Å². The van der Waals surface area contributed by atoms with Gasteiger partial charge in [-0.2, -0.15) is 0 Å². The van der Waals surface area contributed by atoms with Gasteiger partial charge in [-0.1, -0.05) is 35.0 Å². The molecule has 1 aliphatic heterocycles. The lowest BCUT2D eigenvalue weighted by molar-refractivity contribution is -0.113. The standard InChI is InChI=1S/C22H28B2O4/c1-27-20-5-4-14(21-10-17(26)9-18(12-25)28-21)8-16(20)6-13-2-3-15-11-22(23,24)19(15)7-13/h2-5,7-8,17-18,21,25-26H,6,9-12,23-24H2,1H3/t17?,18-,21+/m0/s1. The third kappa shape index (κ3) is 3.73. The van der Waals surface area contributed by atoms with Gasteiger partial charge in [0.1, 0.15) is 21.4 Å². The molecule has 2 aliphatic rings. The molecule has 4 rings (SSSR count). The quantitative estimate of drug-likeness (QED) is 0.758. The number of methoxy groups -OCH3 is 1. The van der Waals surface area contributed by atoms with Crippen LogP contribution in [0.25, 0.3) is 0 Å². The van der Waals surface area contributed by atoms with E-state index in [0.29, 0.717) is 12.8 Å². The molecule has 1 fully saturated rings. The van der Waals surface area contributed by atoms with Crippen LogP contribution < -0.4 is 4.74 Å². The van der Waals surface area contributed by atoms with Crippen molar-refractivity contribution in [1.82, 2.24) is 0 Å². The molecule has 0 amide bonds. The van der Waals surface area contributed by atoms with Crippen molar-refractivity contribution in [1.29, 1.82) is 0 Å². The maximum Gasteiger partial charge on any atom is 0.122 e. The number of benzene rings is 2. The molecular formula is C22H28B2O4. The fourth-order valence-corrected chi connectivity index (χ4v) is 4.66. The van der Waals surface area contributed by atoms with Crippen molar-refractivity contribution in [2.45, 2.75) is 49.2 Å². The number of rotatable bonds is 5. The molecule has 1 aliphatic carbocycles. The molecule has 0 radical (unpaired) electrons. The summed E-state index contributed by atoms with van der Waals surface area (Å²) >= 11 is 0. The van der Waals surface area contributed by atoms with Gasteiger partial charge >= 0.3 is 0 Å². The van der Waals surface area contributed by atoms with Crippen molar-refractivity contribution >= 4 is 15.7 Å².